The van der Waals surface area contributed by atoms with E-state index in [0.717, 1.165) is 16.8 Å². The molecule has 11 nitrogen and oxygen atoms in total. The van der Waals surface area contributed by atoms with Gasteiger partial charge < -0.3 is 20.1 Å². The summed E-state index contributed by atoms with van der Waals surface area (Å²) in [6.07, 6.45) is 1.63. The smallest absolute Gasteiger partial charge is 0.248 e. The van der Waals surface area contributed by atoms with E-state index in [1.807, 2.05) is 104 Å². The Balaban J connectivity index is 1.31. The number of rotatable bonds is 5. The second-order valence-corrected chi connectivity index (χ2v) is 11.8. The third-order valence-electron chi connectivity index (χ3n) is 9.28. The zero-order valence-corrected chi connectivity index (χ0v) is 26.2. The van der Waals surface area contributed by atoms with Gasteiger partial charge in [-0.1, -0.05) is 59.8 Å². The monoisotopic (exact) mass is 642 g/mol. The highest BCUT2D eigenvalue weighted by atomic mass is 16.5. The van der Waals surface area contributed by atoms with Crippen molar-refractivity contribution in [1.82, 2.24) is 25.0 Å². The van der Waals surface area contributed by atoms with Crippen molar-refractivity contribution in [3.8, 4) is 23.3 Å². The van der Waals surface area contributed by atoms with Crippen LogP contribution in [0.2, 0.25) is 0 Å². The summed E-state index contributed by atoms with van der Waals surface area (Å²) in [5.41, 5.74) is 10.4. The van der Waals surface area contributed by atoms with Crippen molar-refractivity contribution in [2.75, 3.05) is 11.5 Å². The number of hydrogen-bond acceptors (Lipinski definition) is 9. The number of ether oxygens (including phenoxy) is 2. The molecule has 0 aliphatic carbocycles. The molecule has 2 N–H and O–H groups in total. The molecule has 11 heteroatoms. The Kier molecular flexibility index (Phi) is 6.16. The van der Waals surface area contributed by atoms with Gasteiger partial charge in [0.25, 0.3) is 0 Å². The fourth-order valence-electron chi connectivity index (χ4n) is 7.24. The molecule has 236 valence electrons. The fourth-order valence-corrected chi connectivity index (χ4v) is 7.24. The van der Waals surface area contributed by atoms with Crippen LogP contribution < -0.4 is 20.1 Å². The van der Waals surface area contributed by atoms with Gasteiger partial charge in [-0.05, 0) is 49.4 Å². The van der Waals surface area contributed by atoms with Gasteiger partial charge in [0, 0.05) is 27.6 Å². The molecule has 0 saturated carbocycles. The summed E-state index contributed by atoms with van der Waals surface area (Å²) in [5.74, 6) is 0.596. The quantitative estimate of drug-likeness (QED) is 0.181. The molecular formula is C38H26N8O3. The minimum Gasteiger partial charge on any atom is -0.494 e. The van der Waals surface area contributed by atoms with E-state index in [9.17, 15) is 5.26 Å². The molecule has 4 heterocycles. The molecule has 2 aliphatic heterocycles. The van der Waals surface area contributed by atoms with E-state index in [2.05, 4.69) is 16.4 Å². The first kappa shape index (κ1) is 28.4. The number of nitriles is 1. The second-order valence-electron chi connectivity index (χ2n) is 11.8. The van der Waals surface area contributed by atoms with Crippen LogP contribution in [0.25, 0.3) is 38.5 Å². The number of hydrogen-bond donors (Lipinski definition) is 1. The number of benzene rings is 5. The van der Waals surface area contributed by atoms with E-state index >= 15 is 4.79 Å². The van der Waals surface area contributed by atoms with E-state index in [4.69, 9.17) is 25.2 Å². The first-order chi connectivity index (χ1) is 24.0. The highest BCUT2D eigenvalue weighted by Gasteiger charge is 2.60. The van der Waals surface area contributed by atoms with Gasteiger partial charge in [0.1, 0.15) is 28.6 Å². The summed E-state index contributed by atoms with van der Waals surface area (Å²) in [6, 6.07) is 32.5. The van der Waals surface area contributed by atoms with Crippen molar-refractivity contribution in [2.24, 2.45) is 5.73 Å². The van der Waals surface area contributed by atoms with Crippen LogP contribution in [-0.4, -0.2) is 37.5 Å². The fraction of sp³-hybridized carbons (Fsp3) is 0.105. The van der Waals surface area contributed by atoms with Gasteiger partial charge in [0.05, 0.1) is 52.8 Å². The summed E-state index contributed by atoms with van der Waals surface area (Å²) >= 11 is 0. The van der Waals surface area contributed by atoms with Crippen molar-refractivity contribution in [3.63, 3.8) is 0 Å². The number of carbonyl (C=O) groups is 1. The summed E-state index contributed by atoms with van der Waals surface area (Å²) in [5, 5.41) is 20.8. The number of amides is 1. The minimum atomic E-state index is -1.68. The molecule has 0 bridgehead atoms. The van der Waals surface area contributed by atoms with Crippen LogP contribution >= 0.6 is 0 Å². The molecule has 1 unspecified atom stereocenters. The standard InChI is InChI=1S/C38H26N8O3/c1-2-48-24-17-15-22(16-18-24)46-23(20-41-44-46)21-45-31-14-8-5-11-27(31)38(37(45)47)28(19-39)36(40)49-35-26-10-4-3-9-25(26)33-34(32(35)38)43-30-13-7-6-12-29(30)42-33/h3-18,20H,2,21,40H2,1H3. The lowest BCUT2D eigenvalue weighted by Crippen LogP contribution is -2.46. The molecule has 9 rings (SSSR count). The minimum absolute atomic E-state index is 0.00960. The number of para-hydroxylation sites is 3. The van der Waals surface area contributed by atoms with Gasteiger partial charge in [-0.3, -0.25) is 4.79 Å². The molecule has 1 amide bonds. The lowest BCUT2D eigenvalue weighted by molar-refractivity contribution is -0.121. The van der Waals surface area contributed by atoms with Gasteiger partial charge in [-0.15, -0.1) is 5.10 Å². The van der Waals surface area contributed by atoms with Gasteiger partial charge in [-0.25, -0.2) is 14.6 Å². The highest BCUT2D eigenvalue weighted by Crippen LogP contribution is 2.58. The second kappa shape index (κ2) is 10.6. The van der Waals surface area contributed by atoms with Crippen molar-refractivity contribution in [1.29, 1.82) is 5.26 Å². The van der Waals surface area contributed by atoms with Crippen molar-refractivity contribution >= 4 is 44.4 Å². The first-order valence-electron chi connectivity index (χ1n) is 15.8. The third kappa shape index (κ3) is 3.91. The number of nitrogens with two attached hydrogens (primary N) is 1. The zero-order chi connectivity index (χ0) is 33.3. The van der Waals surface area contributed by atoms with Gasteiger partial charge in [0.2, 0.25) is 11.8 Å². The van der Waals surface area contributed by atoms with Gasteiger partial charge in [0.15, 0.2) is 0 Å². The van der Waals surface area contributed by atoms with Crippen LogP contribution in [-0.2, 0) is 16.8 Å². The average molecular weight is 643 g/mol. The van der Waals surface area contributed by atoms with E-state index in [1.54, 1.807) is 15.8 Å². The largest absolute Gasteiger partial charge is 0.494 e. The molecule has 5 aromatic carbocycles. The van der Waals surface area contributed by atoms with Crippen LogP contribution in [0, 0.1) is 11.3 Å². The highest BCUT2D eigenvalue weighted by molar-refractivity contribution is 6.20. The number of carbonyl (C=O) groups excluding carboxylic acids is 1. The summed E-state index contributed by atoms with van der Waals surface area (Å²) < 4.78 is 13.6. The molecular weight excluding hydrogens is 616 g/mol. The van der Waals surface area contributed by atoms with Gasteiger partial charge >= 0.3 is 0 Å². The van der Waals surface area contributed by atoms with Crippen LogP contribution in [0.5, 0.6) is 11.5 Å². The van der Waals surface area contributed by atoms with Crippen LogP contribution in [0.15, 0.2) is 115 Å². The summed E-state index contributed by atoms with van der Waals surface area (Å²) in [4.78, 5) is 27.3. The number of nitrogens with zero attached hydrogens (tertiary/aromatic N) is 7. The van der Waals surface area contributed by atoms with Crippen LogP contribution in [0.1, 0.15) is 23.7 Å². The molecule has 1 spiro atoms. The van der Waals surface area contributed by atoms with E-state index in [1.165, 1.54) is 0 Å². The normalized spacial score (nSPS) is 16.7. The van der Waals surface area contributed by atoms with Crippen molar-refractivity contribution < 1.29 is 14.3 Å². The molecule has 0 fully saturated rings. The van der Waals surface area contributed by atoms with E-state index in [-0.39, 0.29) is 23.9 Å². The maximum atomic E-state index is 15.5. The zero-order valence-electron chi connectivity index (χ0n) is 26.2. The van der Waals surface area contributed by atoms with Crippen LogP contribution in [0.3, 0.4) is 0 Å². The third-order valence-corrected chi connectivity index (χ3v) is 9.28. The molecule has 0 saturated heterocycles. The van der Waals surface area contributed by atoms with E-state index < -0.39 is 5.41 Å². The Morgan fingerprint density at radius 1 is 0.898 bits per heavy atom. The Bertz CT molecular complexity index is 2590. The molecule has 49 heavy (non-hydrogen) atoms. The van der Waals surface area contributed by atoms with Gasteiger partial charge in [-0.2, -0.15) is 5.26 Å². The first-order valence-corrected chi connectivity index (χ1v) is 15.8. The topological polar surface area (TPSA) is 145 Å². The predicted molar refractivity (Wildman–Crippen MR) is 183 cm³/mol. The number of anilines is 1. The SMILES string of the molecule is CCOc1ccc(-n2nncc2CN2C(=O)C3(C(C#N)=C(N)Oc4c3c3nc5ccccc5nc3c3ccccc43)c3ccccc32)cc1. The molecule has 0 radical (unpaired) electrons. The Morgan fingerprint density at radius 2 is 1.59 bits per heavy atom. The predicted octanol–water partition coefficient (Wildman–Crippen LogP) is 5.83. The number of aromatic nitrogens is 5. The maximum absolute atomic E-state index is 15.5. The summed E-state index contributed by atoms with van der Waals surface area (Å²) in [6.45, 7) is 2.59. The molecule has 7 aromatic rings. The lowest BCUT2D eigenvalue weighted by Gasteiger charge is -2.35. The maximum Gasteiger partial charge on any atom is 0.248 e. The van der Waals surface area contributed by atoms with Crippen molar-refractivity contribution in [2.45, 2.75) is 18.9 Å². The Labute approximate surface area is 279 Å². The molecule has 2 aromatic heterocycles. The Hall–Kier alpha value is -6.80. The Morgan fingerprint density at radius 3 is 2.35 bits per heavy atom. The lowest BCUT2D eigenvalue weighted by atomic mass is 9.67. The average Bonchev–Trinajstić information content (AvgIpc) is 3.69. The van der Waals surface area contributed by atoms with Crippen molar-refractivity contribution in [3.05, 3.63) is 132 Å². The summed E-state index contributed by atoms with van der Waals surface area (Å²) in [7, 11) is 0. The van der Waals surface area contributed by atoms with E-state index in [0.29, 0.717) is 62.3 Å². The number of fused-ring (bicyclic) bond motifs is 10. The van der Waals surface area contributed by atoms with Crippen LogP contribution in [0.4, 0.5) is 5.69 Å². The molecule has 1 atom stereocenters. The molecule has 2 aliphatic rings.